The van der Waals surface area contributed by atoms with E-state index in [2.05, 4.69) is 40.8 Å². The van der Waals surface area contributed by atoms with Crippen LogP contribution in [0.1, 0.15) is 31.2 Å². The lowest BCUT2D eigenvalue weighted by Crippen LogP contribution is -2.39. The summed E-state index contributed by atoms with van der Waals surface area (Å²) in [5.41, 5.74) is 0. The molecule has 2 heterocycles. The van der Waals surface area contributed by atoms with E-state index in [-0.39, 0.29) is 11.9 Å². The number of hydrogen-bond acceptors (Lipinski definition) is 4. The molecule has 2 unspecified atom stereocenters. The Morgan fingerprint density at radius 3 is 2.95 bits per heavy atom. The molecule has 1 amide bonds. The van der Waals surface area contributed by atoms with Gasteiger partial charge in [-0.3, -0.25) is 9.69 Å². The first-order chi connectivity index (χ1) is 10.1. The molecule has 2 atom stereocenters. The van der Waals surface area contributed by atoms with Crippen molar-refractivity contribution < 1.29 is 4.79 Å². The molecule has 1 fully saturated rings. The largest absolute Gasteiger partial charge is 0.347 e. The lowest BCUT2D eigenvalue weighted by Gasteiger charge is -2.23. The minimum atomic E-state index is 0.133. The monoisotopic (exact) mass is 309 g/mol. The van der Waals surface area contributed by atoms with E-state index in [0.717, 1.165) is 19.6 Å². The van der Waals surface area contributed by atoms with Gasteiger partial charge in [0.2, 0.25) is 5.91 Å². The Hall–Kier alpha value is -0.910. The summed E-state index contributed by atoms with van der Waals surface area (Å²) in [6.45, 7) is 7.94. The molecule has 0 bridgehead atoms. The van der Waals surface area contributed by atoms with Gasteiger partial charge >= 0.3 is 0 Å². The molecule has 21 heavy (non-hydrogen) atoms. The fourth-order valence-electron chi connectivity index (χ4n) is 2.97. The van der Waals surface area contributed by atoms with Crippen molar-refractivity contribution in [3.8, 4) is 0 Å². The molecule has 118 valence electrons. The normalized spacial score (nSPS) is 20.9. The van der Waals surface area contributed by atoms with Crippen molar-refractivity contribution in [1.82, 2.24) is 15.5 Å². The van der Waals surface area contributed by atoms with Crippen molar-refractivity contribution >= 4 is 17.2 Å². The molecule has 0 aromatic carbocycles. The van der Waals surface area contributed by atoms with Gasteiger partial charge in [-0.1, -0.05) is 19.9 Å². The zero-order chi connectivity index (χ0) is 15.2. The standard InChI is InChI=1S/C16H27N3OS/c1-12(2)16(14-5-4-8-21-14)18-15(20)11-19-7-6-13(10-19)9-17-3/h4-5,8,12-13,16-17H,6-7,9-11H2,1-3H3,(H,18,20). The number of nitrogens with one attached hydrogen (secondary N) is 2. The molecule has 1 aliphatic heterocycles. The van der Waals surface area contributed by atoms with E-state index in [0.29, 0.717) is 18.4 Å². The van der Waals surface area contributed by atoms with Gasteiger partial charge in [0.05, 0.1) is 12.6 Å². The third-order valence-corrected chi connectivity index (χ3v) is 5.02. The summed E-state index contributed by atoms with van der Waals surface area (Å²) in [6, 6.07) is 4.28. The summed E-state index contributed by atoms with van der Waals surface area (Å²) >= 11 is 1.71. The summed E-state index contributed by atoms with van der Waals surface area (Å²) in [5.74, 6) is 1.23. The number of rotatable bonds is 7. The van der Waals surface area contributed by atoms with Crippen LogP contribution in [0.4, 0.5) is 0 Å². The number of carbonyl (C=O) groups excluding carboxylic acids is 1. The highest BCUT2D eigenvalue weighted by molar-refractivity contribution is 7.10. The average Bonchev–Trinajstić information content (AvgIpc) is 3.08. The van der Waals surface area contributed by atoms with Crippen LogP contribution in [0, 0.1) is 11.8 Å². The Labute approximate surface area is 131 Å². The van der Waals surface area contributed by atoms with Gasteiger partial charge in [0.15, 0.2) is 0 Å². The van der Waals surface area contributed by atoms with Gasteiger partial charge in [0.25, 0.3) is 0 Å². The summed E-state index contributed by atoms with van der Waals surface area (Å²) < 4.78 is 0. The lowest BCUT2D eigenvalue weighted by molar-refractivity contribution is -0.123. The molecule has 4 nitrogen and oxygen atoms in total. The van der Waals surface area contributed by atoms with Crippen LogP contribution >= 0.6 is 11.3 Å². The van der Waals surface area contributed by atoms with Crippen LogP contribution < -0.4 is 10.6 Å². The van der Waals surface area contributed by atoms with Crippen LogP contribution in [-0.4, -0.2) is 44.0 Å². The van der Waals surface area contributed by atoms with Crippen molar-refractivity contribution in [2.75, 3.05) is 33.2 Å². The lowest BCUT2D eigenvalue weighted by atomic mass is 10.0. The molecule has 0 spiro atoms. The van der Waals surface area contributed by atoms with E-state index >= 15 is 0 Å². The van der Waals surface area contributed by atoms with E-state index in [1.807, 2.05) is 13.1 Å². The quantitative estimate of drug-likeness (QED) is 0.811. The van der Waals surface area contributed by atoms with E-state index in [1.54, 1.807) is 11.3 Å². The van der Waals surface area contributed by atoms with Gasteiger partial charge in [-0.15, -0.1) is 11.3 Å². The van der Waals surface area contributed by atoms with Crippen LogP contribution in [0.25, 0.3) is 0 Å². The predicted molar refractivity (Wildman–Crippen MR) is 88.5 cm³/mol. The highest BCUT2D eigenvalue weighted by Gasteiger charge is 2.25. The van der Waals surface area contributed by atoms with E-state index in [1.165, 1.54) is 11.3 Å². The molecule has 0 aliphatic carbocycles. The minimum absolute atomic E-state index is 0.133. The molecule has 1 aliphatic rings. The third kappa shape index (κ3) is 4.80. The molecular weight excluding hydrogens is 282 g/mol. The smallest absolute Gasteiger partial charge is 0.234 e. The Balaban J connectivity index is 1.83. The Kier molecular flexibility index (Phi) is 6.21. The second kappa shape index (κ2) is 7.92. The fourth-order valence-corrected chi connectivity index (χ4v) is 3.92. The summed E-state index contributed by atoms with van der Waals surface area (Å²) in [7, 11) is 1.99. The summed E-state index contributed by atoms with van der Waals surface area (Å²) in [6.07, 6.45) is 1.19. The Morgan fingerprint density at radius 2 is 2.33 bits per heavy atom. The van der Waals surface area contributed by atoms with Gasteiger partial charge < -0.3 is 10.6 Å². The number of nitrogens with zero attached hydrogens (tertiary/aromatic N) is 1. The minimum Gasteiger partial charge on any atom is -0.347 e. The third-order valence-electron chi connectivity index (χ3n) is 4.06. The highest BCUT2D eigenvalue weighted by Crippen LogP contribution is 2.25. The van der Waals surface area contributed by atoms with Crippen molar-refractivity contribution in [2.45, 2.75) is 26.3 Å². The van der Waals surface area contributed by atoms with Crippen LogP contribution in [0.15, 0.2) is 17.5 Å². The second-order valence-electron chi connectivity index (χ2n) is 6.25. The van der Waals surface area contributed by atoms with Gasteiger partial charge in [-0.25, -0.2) is 0 Å². The molecule has 2 N–H and O–H groups in total. The number of hydrogen-bond donors (Lipinski definition) is 2. The maximum absolute atomic E-state index is 12.3. The van der Waals surface area contributed by atoms with Crippen molar-refractivity contribution in [1.29, 1.82) is 0 Å². The molecule has 1 aromatic rings. The Bertz CT molecular complexity index is 433. The van der Waals surface area contributed by atoms with Gasteiger partial charge in [-0.05, 0) is 49.8 Å². The predicted octanol–water partition coefficient (Wildman–Crippen LogP) is 2.10. The van der Waals surface area contributed by atoms with Crippen LogP contribution in [0.5, 0.6) is 0 Å². The maximum atomic E-state index is 12.3. The van der Waals surface area contributed by atoms with Crippen molar-refractivity contribution in [3.05, 3.63) is 22.4 Å². The van der Waals surface area contributed by atoms with Crippen LogP contribution in [-0.2, 0) is 4.79 Å². The second-order valence-corrected chi connectivity index (χ2v) is 7.23. The number of amides is 1. The van der Waals surface area contributed by atoms with E-state index < -0.39 is 0 Å². The van der Waals surface area contributed by atoms with Crippen molar-refractivity contribution in [2.24, 2.45) is 11.8 Å². The van der Waals surface area contributed by atoms with Gasteiger partial charge in [0, 0.05) is 11.4 Å². The maximum Gasteiger partial charge on any atom is 0.234 e. The van der Waals surface area contributed by atoms with Gasteiger partial charge in [-0.2, -0.15) is 0 Å². The highest BCUT2D eigenvalue weighted by atomic mass is 32.1. The van der Waals surface area contributed by atoms with Crippen LogP contribution in [0.2, 0.25) is 0 Å². The van der Waals surface area contributed by atoms with E-state index in [4.69, 9.17) is 0 Å². The first-order valence-corrected chi connectivity index (χ1v) is 8.67. The first-order valence-electron chi connectivity index (χ1n) is 7.80. The van der Waals surface area contributed by atoms with Gasteiger partial charge in [0.1, 0.15) is 0 Å². The molecule has 0 radical (unpaired) electrons. The molecule has 0 saturated carbocycles. The summed E-state index contributed by atoms with van der Waals surface area (Å²) in [5, 5.41) is 8.50. The molecular formula is C16H27N3OS. The Morgan fingerprint density at radius 1 is 1.52 bits per heavy atom. The molecule has 5 heteroatoms. The van der Waals surface area contributed by atoms with E-state index in [9.17, 15) is 4.79 Å². The average molecular weight is 309 g/mol. The zero-order valence-electron chi connectivity index (χ0n) is 13.3. The number of thiophene rings is 1. The topological polar surface area (TPSA) is 44.4 Å². The fraction of sp³-hybridized carbons (Fsp3) is 0.688. The van der Waals surface area contributed by atoms with Crippen LogP contribution in [0.3, 0.4) is 0 Å². The molecule has 2 rings (SSSR count). The molecule has 1 aromatic heterocycles. The summed E-state index contributed by atoms with van der Waals surface area (Å²) in [4.78, 5) is 15.8. The zero-order valence-corrected chi connectivity index (χ0v) is 14.1. The number of likely N-dealkylation sites (tertiary alicyclic amines) is 1. The first kappa shape index (κ1) is 16.5. The SMILES string of the molecule is CNCC1CCN(CC(=O)NC(c2cccs2)C(C)C)C1. The van der Waals surface area contributed by atoms with Crippen molar-refractivity contribution in [3.63, 3.8) is 0 Å². The number of carbonyl (C=O) groups is 1. The molecule has 1 saturated heterocycles.